The molecule has 1 atom stereocenters. The van der Waals surface area contributed by atoms with Gasteiger partial charge in [-0.2, -0.15) is 0 Å². The summed E-state index contributed by atoms with van der Waals surface area (Å²) in [4.78, 5) is 0. The third kappa shape index (κ3) is 2.34. The van der Waals surface area contributed by atoms with Gasteiger partial charge >= 0.3 is 0 Å². The van der Waals surface area contributed by atoms with Crippen molar-refractivity contribution in [1.82, 2.24) is 0 Å². The lowest BCUT2D eigenvalue weighted by atomic mass is 9.83. The third-order valence-corrected chi connectivity index (χ3v) is 2.28. The van der Waals surface area contributed by atoms with Crippen LogP contribution >= 0.6 is 0 Å². The maximum atomic E-state index is 9.34. The lowest BCUT2D eigenvalue weighted by Gasteiger charge is -2.24. The van der Waals surface area contributed by atoms with E-state index in [-0.39, 0.29) is 11.5 Å². The first kappa shape index (κ1) is 10.3. The smallest absolute Gasteiger partial charge is 0.112 e. The van der Waals surface area contributed by atoms with E-state index in [1.165, 1.54) is 0 Å². The second kappa shape index (κ2) is 3.54. The molecular weight excluding hydrogens is 164 g/mol. The van der Waals surface area contributed by atoms with Crippen LogP contribution in [0.4, 0.5) is 0 Å². The molecule has 0 aliphatic carbocycles. The zero-order valence-electron chi connectivity index (χ0n) is 8.79. The fourth-order valence-electron chi connectivity index (χ4n) is 1.90. The molecule has 0 radical (unpaired) electrons. The Hall–Kier alpha value is -0.760. The normalized spacial score (nSPS) is 14.5. The highest BCUT2D eigenvalue weighted by molar-refractivity contribution is 5.22. The molecule has 0 fully saturated rings. The number of hydrogen-bond acceptors (Lipinski definition) is 2. The number of aliphatic hydroxyl groups excluding tert-OH is 1. The van der Waals surface area contributed by atoms with Gasteiger partial charge in [0.1, 0.15) is 5.76 Å². The van der Waals surface area contributed by atoms with Crippen LogP contribution < -0.4 is 0 Å². The van der Waals surface area contributed by atoms with E-state index in [1.54, 1.807) is 13.2 Å². The van der Waals surface area contributed by atoms with Crippen LogP contribution in [0.1, 0.15) is 38.5 Å². The average molecular weight is 182 g/mol. The van der Waals surface area contributed by atoms with E-state index >= 15 is 0 Å². The molecular formula is C11H18O2. The summed E-state index contributed by atoms with van der Waals surface area (Å²) in [6.07, 6.45) is 2.13. The molecule has 1 N–H and O–H groups in total. The quantitative estimate of drug-likeness (QED) is 0.779. The van der Waals surface area contributed by atoms with Crippen LogP contribution in [0.15, 0.2) is 16.7 Å². The standard InChI is InChI=1S/C11H18O2/c1-8-5-6-13-10(8)11(3,4)7-9(2)12/h5-6,9,12H,7H2,1-4H3. The minimum Gasteiger partial charge on any atom is -0.469 e. The van der Waals surface area contributed by atoms with Gasteiger partial charge in [-0.3, -0.25) is 0 Å². The molecule has 2 heteroatoms. The predicted molar refractivity (Wildman–Crippen MR) is 52.8 cm³/mol. The zero-order valence-corrected chi connectivity index (χ0v) is 8.79. The van der Waals surface area contributed by atoms with Gasteiger partial charge in [-0.25, -0.2) is 0 Å². The molecule has 74 valence electrons. The summed E-state index contributed by atoms with van der Waals surface area (Å²) in [6.45, 7) is 8.01. The average Bonchev–Trinajstić information content (AvgIpc) is 2.32. The summed E-state index contributed by atoms with van der Waals surface area (Å²) in [7, 11) is 0. The first-order valence-corrected chi connectivity index (χ1v) is 4.66. The number of aryl methyl sites for hydroxylation is 1. The van der Waals surface area contributed by atoms with Crippen molar-refractivity contribution in [1.29, 1.82) is 0 Å². The fourth-order valence-corrected chi connectivity index (χ4v) is 1.90. The Kier molecular flexibility index (Phi) is 2.81. The van der Waals surface area contributed by atoms with Gasteiger partial charge in [-0.05, 0) is 31.9 Å². The van der Waals surface area contributed by atoms with Crippen LogP contribution in [0.25, 0.3) is 0 Å². The van der Waals surface area contributed by atoms with Crippen molar-refractivity contribution in [3.63, 3.8) is 0 Å². The van der Waals surface area contributed by atoms with Crippen LogP contribution in [0.2, 0.25) is 0 Å². The maximum Gasteiger partial charge on any atom is 0.112 e. The Morgan fingerprint density at radius 2 is 2.15 bits per heavy atom. The van der Waals surface area contributed by atoms with Crippen molar-refractivity contribution in [2.45, 2.75) is 45.6 Å². The molecule has 0 saturated heterocycles. The topological polar surface area (TPSA) is 33.4 Å². The lowest BCUT2D eigenvalue weighted by Crippen LogP contribution is -2.23. The van der Waals surface area contributed by atoms with Crippen molar-refractivity contribution in [2.24, 2.45) is 0 Å². The number of rotatable bonds is 3. The van der Waals surface area contributed by atoms with Crippen molar-refractivity contribution in [2.75, 3.05) is 0 Å². The van der Waals surface area contributed by atoms with Crippen molar-refractivity contribution >= 4 is 0 Å². The Morgan fingerprint density at radius 1 is 1.54 bits per heavy atom. The summed E-state index contributed by atoms with van der Waals surface area (Å²) >= 11 is 0. The van der Waals surface area contributed by atoms with Gasteiger partial charge in [0.15, 0.2) is 0 Å². The van der Waals surface area contributed by atoms with Gasteiger partial charge in [-0.1, -0.05) is 13.8 Å². The highest BCUT2D eigenvalue weighted by atomic mass is 16.3. The Morgan fingerprint density at radius 3 is 2.54 bits per heavy atom. The van der Waals surface area contributed by atoms with E-state index in [4.69, 9.17) is 4.42 Å². The molecule has 1 aromatic rings. The Balaban J connectivity index is 2.87. The molecule has 2 nitrogen and oxygen atoms in total. The highest BCUT2D eigenvalue weighted by Gasteiger charge is 2.27. The van der Waals surface area contributed by atoms with E-state index < -0.39 is 0 Å². The third-order valence-electron chi connectivity index (χ3n) is 2.28. The fraction of sp³-hybridized carbons (Fsp3) is 0.636. The van der Waals surface area contributed by atoms with E-state index in [0.717, 1.165) is 17.7 Å². The second-order valence-corrected chi connectivity index (χ2v) is 4.37. The van der Waals surface area contributed by atoms with E-state index in [9.17, 15) is 5.11 Å². The van der Waals surface area contributed by atoms with Crippen LogP contribution in [-0.4, -0.2) is 11.2 Å². The largest absolute Gasteiger partial charge is 0.469 e. The first-order valence-electron chi connectivity index (χ1n) is 4.66. The summed E-state index contributed by atoms with van der Waals surface area (Å²) in [6, 6.07) is 1.96. The summed E-state index contributed by atoms with van der Waals surface area (Å²) in [5.74, 6) is 0.980. The monoisotopic (exact) mass is 182 g/mol. The molecule has 1 unspecified atom stereocenters. The molecule has 0 aliphatic rings. The number of hydrogen-bond donors (Lipinski definition) is 1. The van der Waals surface area contributed by atoms with Crippen molar-refractivity contribution in [3.05, 3.63) is 23.7 Å². The van der Waals surface area contributed by atoms with Gasteiger partial charge < -0.3 is 9.52 Å². The minimum absolute atomic E-state index is 0.0816. The van der Waals surface area contributed by atoms with Gasteiger partial charge in [-0.15, -0.1) is 0 Å². The SMILES string of the molecule is Cc1ccoc1C(C)(C)CC(C)O. The van der Waals surface area contributed by atoms with Crippen LogP contribution in [0, 0.1) is 6.92 Å². The highest BCUT2D eigenvalue weighted by Crippen LogP contribution is 2.31. The number of aliphatic hydroxyl groups is 1. The summed E-state index contributed by atoms with van der Waals surface area (Å²) in [5, 5.41) is 9.34. The molecule has 1 rings (SSSR count). The molecule has 0 amide bonds. The Bertz CT molecular complexity index is 271. The predicted octanol–water partition coefficient (Wildman–Crippen LogP) is 2.64. The summed E-state index contributed by atoms with van der Waals surface area (Å²) in [5.41, 5.74) is 1.08. The number of furan rings is 1. The minimum atomic E-state index is -0.292. The van der Waals surface area contributed by atoms with E-state index in [0.29, 0.717) is 0 Å². The first-order chi connectivity index (χ1) is 5.93. The van der Waals surface area contributed by atoms with Gasteiger partial charge in [0.05, 0.1) is 12.4 Å². The second-order valence-electron chi connectivity index (χ2n) is 4.37. The van der Waals surface area contributed by atoms with Gasteiger partial charge in [0, 0.05) is 5.41 Å². The summed E-state index contributed by atoms with van der Waals surface area (Å²) < 4.78 is 5.42. The van der Waals surface area contributed by atoms with Crippen LogP contribution in [0.5, 0.6) is 0 Å². The molecule has 1 aromatic heterocycles. The van der Waals surface area contributed by atoms with E-state index in [1.807, 2.05) is 13.0 Å². The Labute approximate surface area is 79.6 Å². The van der Waals surface area contributed by atoms with Crippen molar-refractivity contribution in [3.8, 4) is 0 Å². The lowest BCUT2D eigenvalue weighted by molar-refractivity contribution is 0.148. The van der Waals surface area contributed by atoms with E-state index in [2.05, 4.69) is 13.8 Å². The van der Waals surface area contributed by atoms with Crippen LogP contribution in [0.3, 0.4) is 0 Å². The molecule has 0 saturated carbocycles. The zero-order chi connectivity index (χ0) is 10.1. The molecule has 1 heterocycles. The maximum absolute atomic E-state index is 9.34. The molecule has 13 heavy (non-hydrogen) atoms. The molecule has 0 spiro atoms. The van der Waals surface area contributed by atoms with Crippen molar-refractivity contribution < 1.29 is 9.52 Å². The van der Waals surface area contributed by atoms with Gasteiger partial charge in [0.2, 0.25) is 0 Å². The molecule has 0 bridgehead atoms. The van der Waals surface area contributed by atoms with Gasteiger partial charge in [0.25, 0.3) is 0 Å². The molecule has 0 aromatic carbocycles. The van der Waals surface area contributed by atoms with Crippen LogP contribution in [-0.2, 0) is 5.41 Å². The molecule has 0 aliphatic heterocycles.